The highest BCUT2D eigenvalue weighted by Crippen LogP contribution is 2.52. The van der Waals surface area contributed by atoms with Crippen molar-refractivity contribution < 1.29 is 32.3 Å². The van der Waals surface area contributed by atoms with Crippen molar-refractivity contribution in [3.05, 3.63) is 64.2 Å². The second-order valence-electron chi connectivity index (χ2n) is 11.9. The number of likely N-dealkylation sites (N-methyl/N-ethyl adjacent to an activating group) is 1. The summed E-state index contributed by atoms with van der Waals surface area (Å²) in [6.07, 6.45) is -1.94. The molecule has 1 aliphatic carbocycles. The van der Waals surface area contributed by atoms with Crippen LogP contribution >= 0.6 is 11.6 Å². The molecule has 1 N–H and O–H groups in total. The Kier molecular flexibility index (Phi) is 7.81. The van der Waals surface area contributed by atoms with E-state index in [1.165, 1.54) is 12.1 Å². The van der Waals surface area contributed by atoms with Crippen molar-refractivity contribution in [3.8, 4) is 0 Å². The van der Waals surface area contributed by atoms with Crippen LogP contribution in [0.2, 0.25) is 5.02 Å². The number of carbonyl (C=O) groups is 2. The lowest BCUT2D eigenvalue weighted by atomic mass is 9.66. The van der Waals surface area contributed by atoms with Crippen LogP contribution in [0.3, 0.4) is 0 Å². The lowest BCUT2D eigenvalue weighted by Crippen LogP contribution is -2.57. The van der Waals surface area contributed by atoms with Crippen molar-refractivity contribution in [2.24, 2.45) is 11.8 Å². The third-order valence-corrected chi connectivity index (χ3v) is 9.93. The van der Waals surface area contributed by atoms with E-state index in [4.69, 9.17) is 11.6 Å². The summed E-state index contributed by atoms with van der Waals surface area (Å²) >= 11 is 6.14. The summed E-state index contributed by atoms with van der Waals surface area (Å²) in [5.41, 5.74) is -2.16. The van der Waals surface area contributed by atoms with E-state index < -0.39 is 34.7 Å². The lowest BCUT2D eigenvalue weighted by molar-refractivity contribution is -0.228. The summed E-state index contributed by atoms with van der Waals surface area (Å²) in [6, 6.07) is 11.4. The fourth-order valence-corrected chi connectivity index (χ4v) is 7.28. The number of carboxylic acids is 1. The van der Waals surface area contributed by atoms with Crippen molar-refractivity contribution in [3.63, 3.8) is 0 Å². The number of carboxylic acid groups (broad SMARTS) is 1. The van der Waals surface area contributed by atoms with Crippen LogP contribution < -0.4 is 4.90 Å². The molecule has 3 unspecified atom stereocenters. The fourth-order valence-electron chi connectivity index (χ4n) is 7.16. The maximum absolute atomic E-state index is 15.1. The van der Waals surface area contributed by atoms with Crippen molar-refractivity contribution in [2.75, 3.05) is 24.5 Å². The zero-order valence-corrected chi connectivity index (χ0v) is 23.9. The smallest absolute Gasteiger partial charge is 0.426 e. The highest BCUT2D eigenvalue weighted by atomic mass is 35.5. The van der Waals surface area contributed by atoms with E-state index in [1.54, 1.807) is 18.2 Å². The Hall–Kier alpha value is -2.81. The molecule has 2 aliphatic heterocycles. The minimum absolute atomic E-state index is 0.0151. The quantitative estimate of drug-likeness (QED) is 0.370. The largest absolute Gasteiger partial charge is 0.481 e. The van der Waals surface area contributed by atoms with Crippen LogP contribution in [-0.4, -0.2) is 53.7 Å². The fraction of sp³-hybridized carbons (Fsp3) is 0.548. The normalized spacial score (nSPS) is 27.6. The SMILES string of the molecule is CCN1CC2N(C(=O)C3CCC(C(=O)O)CC3)CCC2(Cc2ccc(Cl)cc2)c2ccc(C(C)(F)C(F)(F)F)cc21. The summed E-state index contributed by atoms with van der Waals surface area (Å²) < 4.78 is 56.0. The van der Waals surface area contributed by atoms with Crippen LogP contribution in [0.5, 0.6) is 0 Å². The van der Waals surface area contributed by atoms with Crippen molar-refractivity contribution in [2.45, 2.75) is 75.7 Å². The summed E-state index contributed by atoms with van der Waals surface area (Å²) in [5.74, 6) is -1.49. The number of alkyl halides is 4. The molecule has 3 aliphatic rings. The van der Waals surface area contributed by atoms with Gasteiger partial charge in [0.1, 0.15) is 0 Å². The molecular weight excluding hydrogens is 560 g/mol. The zero-order chi connectivity index (χ0) is 29.7. The molecule has 222 valence electrons. The van der Waals surface area contributed by atoms with E-state index in [-0.39, 0.29) is 17.9 Å². The molecule has 0 aromatic heterocycles. The van der Waals surface area contributed by atoms with Gasteiger partial charge < -0.3 is 14.9 Å². The first-order chi connectivity index (χ1) is 19.3. The van der Waals surface area contributed by atoms with Gasteiger partial charge in [-0.25, -0.2) is 4.39 Å². The van der Waals surface area contributed by atoms with Gasteiger partial charge in [0, 0.05) is 47.2 Å². The molecule has 41 heavy (non-hydrogen) atoms. The predicted octanol–water partition coefficient (Wildman–Crippen LogP) is 6.90. The zero-order valence-electron chi connectivity index (χ0n) is 23.2. The van der Waals surface area contributed by atoms with Gasteiger partial charge in [-0.2, -0.15) is 13.2 Å². The van der Waals surface area contributed by atoms with E-state index in [0.717, 1.165) is 11.1 Å². The molecule has 2 aromatic carbocycles. The highest BCUT2D eigenvalue weighted by Gasteiger charge is 2.57. The number of aliphatic carboxylic acids is 1. The number of nitrogens with zero attached hydrogens (tertiary/aromatic N) is 2. The van der Waals surface area contributed by atoms with Gasteiger partial charge in [0.15, 0.2) is 0 Å². The number of anilines is 1. The minimum Gasteiger partial charge on any atom is -0.481 e. The Morgan fingerprint density at radius 3 is 2.24 bits per heavy atom. The summed E-state index contributed by atoms with van der Waals surface area (Å²) in [4.78, 5) is 29.3. The first-order valence-electron chi connectivity index (χ1n) is 14.2. The van der Waals surface area contributed by atoms with Crippen molar-refractivity contribution >= 4 is 29.2 Å². The molecule has 0 spiro atoms. The molecule has 2 aromatic rings. The van der Waals surface area contributed by atoms with Gasteiger partial charge in [0.25, 0.3) is 0 Å². The van der Waals surface area contributed by atoms with Gasteiger partial charge >= 0.3 is 12.1 Å². The second kappa shape index (κ2) is 10.8. The molecule has 0 radical (unpaired) electrons. The van der Waals surface area contributed by atoms with Crippen molar-refractivity contribution in [1.82, 2.24) is 4.90 Å². The summed E-state index contributed by atoms with van der Waals surface area (Å²) in [7, 11) is 0. The van der Waals surface area contributed by atoms with E-state index in [9.17, 15) is 27.9 Å². The third kappa shape index (κ3) is 5.19. The number of carbonyl (C=O) groups excluding carboxylic acids is 1. The van der Waals surface area contributed by atoms with Crippen LogP contribution in [-0.2, 0) is 27.1 Å². The molecule has 10 heteroatoms. The molecule has 0 bridgehead atoms. The second-order valence-corrected chi connectivity index (χ2v) is 12.4. The molecule has 5 rings (SSSR count). The van der Waals surface area contributed by atoms with Crippen LogP contribution in [0.25, 0.3) is 0 Å². The number of fused-ring (bicyclic) bond motifs is 3. The average molecular weight is 595 g/mol. The minimum atomic E-state index is -5.06. The van der Waals surface area contributed by atoms with Gasteiger partial charge in [0.05, 0.1) is 12.0 Å². The lowest BCUT2D eigenvalue weighted by Gasteiger charge is -2.49. The van der Waals surface area contributed by atoms with E-state index in [2.05, 4.69) is 0 Å². The first-order valence-corrected chi connectivity index (χ1v) is 14.6. The number of hydrogen-bond donors (Lipinski definition) is 1. The molecular formula is C31H35ClF4N2O3. The van der Waals surface area contributed by atoms with Gasteiger partial charge in [-0.15, -0.1) is 0 Å². The number of hydrogen-bond acceptors (Lipinski definition) is 3. The number of amides is 1. The predicted molar refractivity (Wildman–Crippen MR) is 149 cm³/mol. The molecule has 1 saturated heterocycles. The number of benzene rings is 2. The third-order valence-electron chi connectivity index (χ3n) is 9.68. The number of rotatable bonds is 6. The van der Waals surface area contributed by atoms with E-state index >= 15 is 4.39 Å². The Morgan fingerprint density at radius 2 is 1.66 bits per heavy atom. The van der Waals surface area contributed by atoms with E-state index in [0.29, 0.717) is 75.8 Å². The molecule has 2 fully saturated rings. The molecule has 3 atom stereocenters. The van der Waals surface area contributed by atoms with Crippen molar-refractivity contribution in [1.29, 1.82) is 0 Å². The maximum atomic E-state index is 15.1. The molecule has 1 saturated carbocycles. The Labute approximate surface area is 242 Å². The molecule has 5 nitrogen and oxygen atoms in total. The van der Waals surface area contributed by atoms with Gasteiger partial charge in [-0.05, 0) is 81.7 Å². The van der Waals surface area contributed by atoms with Gasteiger partial charge in [0.2, 0.25) is 11.6 Å². The maximum Gasteiger partial charge on any atom is 0.426 e. The Bertz CT molecular complexity index is 1310. The van der Waals surface area contributed by atoms with E-state index in [1.807, 2.05) is 28.9 Å². The van der Waals surface area contributed by atoms with Gasteiger partial charge in [-0.3, -0.25) is 9.59 Å². The number of halogens is 5. The highest BCUT2D eigenvalue weighted by molar-refractivity contribution is 6.30. The molecule has 1 amide bonds. The Morgan fingerprint density at radius 1 is 1.02 bits per heavy atom. The number of likely N-dealkylation sites (tertiary alicyclic amines) is 1. The first kappa shape index (κ1) is 29.7. The Balaban J connectivity index is 1.55. The monoisotopic (exact) mass is 594 g/mol. The van der Waals surface area contributed by atoms with Crippen LogP contribution in [0.4, 0.5) is 23.2 Å². The van der Waals surface area contributed by atoms with Crippen LogP contribution in [0.1, 0.15) is 62.6 Å². The standard InChI is InChI=1S/C31H35ClF4N2O3/c1-3-37-18-26-30(17-19-4-11-23(32)12-5-19,24-13-10-22(16-25(24)37)29(2,33)31(34,35)36)14-15-38(26)27(39)20-6-8-21(9-7-20)28(40)41/h4-5,10-13,16,20-21,26H,3,6-9,14-15,17-18H2,1-2H3,(H,40,41). The molecule has 2 heterocycles. The van der Waals surface area contributed by atoms with Gasteiger partial charge in [-0.1, -0.05) is 35.9 Å². The summed E-state index contributed by atoms with van der Waals surface area (Å²) in [5, 5.41) is 9.98. The topological polar surface area (TPSA) is 60.9 Å². The summed E-state index contributed by atoms with van der Waals surface area (Å²) in [6.45, 7) is 3.82. The van der Waals surface area contributed by atoms with Crippen LogP contribution in [0.15, 0.2) is 42.5 Å². The van der Waals surface area contributed by atoms with Crippen LogP contribution in [0, 0.1) is 11.8 Å². The average Bonchev–Trinajstić information content (AvgIpc) is 3.31.